The number of hydrogen-bond donors (Lipinski definition) is 3. The van der Waals surface area contributed by atoms with Gasteiger partial charge in [-0.1, -0.05) is 0 Å². The van der Waals surface area contributed by atoms with E-state index in [1.54, 1.807) is 6.20 Å². The largest absolute Gasteiger partial charge is 0.322 e. The van der Waals surface area contributed by atoms with Crippen LogP contribution in [0.15, 0.2) is 12.4 Å². The molecule has 2 heterocycles. The molecule has 1 atom stereocenters. The van der Waals surface area contributed by atoms with Crippen molar-refractivity contribution in [1.29, 1.82) is 0 Å². The lowest BCUT2D eigenvalue weighted by molar-refractivity contribution is -0.120. The number of nitrogens with zero attached hydrogens (tertiary/aromatic N) is 1. The van der Waals surface area contributed by atoms with E-state index >= 15 is 0 Å². The Bertz CT molecular complexity index is 318. The fourth-order valence-electron chi connectivity index (χ4n) is 1.07. The maximum Gasteiger partial charge on any atom is 0.322 e. The summed E-state index contributed by atoms with van der Waals surface area (Å²) in [6.45, 7) is 0. The zero-order chi connectivity index (χ0) is 8.55. The molecule has 3 amide bonds. The molecule has 1 fully saturated rings. The van der Waals surface area contributed by atoms with E-state index in [-0.39, 0.29) is 5.91 Å². The van der Waals surface area contributed by atoms with Crippen molar-refractivity contribution in [2.45, 2.75) is 6.04 Å². The van der Waals surface area contributed by atoms with Gasteiger partial charge in [-0.3, -0.25) is 15.2 Å². The molecule has 1 aromatic rings. The minimum Gasteiger partial charge on any atom is -0.322 e. The lowest BCUT2D eigenvalue weighted by Gasteiger charge is -2.00. The molecule has 0 spiro atoms. The summed E-state index contributed by atoms with van der Waals surface area (Å²) in [4.78, 5) is 21.7. The maximum absolute atomic E-state index is 11.0. The quantitative estimate of drug-likeness (QED) is 0.481. The third-order valence-corrected chi connectivity index (χ3v) is 1.63. The SMILES string of the molecule is O=C1NC(=O)C(c2cn[nH]c2)N1. The number of carbonyl (C=O) groups excluding carboxylic acids is 2. The van der Waals surface area contributed by atoms with Crippen molar-refractivity contribution < 1.29 is 9.59 Å². The molecule has 2 rings (SSSR count). The molecule has 0 bridgehead atoms. The summed E-state index contributed by atoms with van der Waals surface area (Å²) < 4.78 is 0. The third-order valence-electron chi connectivity index (χ3n) is 1.63. The maximum atomic E-state index is 11.0. The highest BCUT2D eigenvalue weighted by atomic mass is 16.2. The number of hydrogen-bond acceptors (Lipinski definition) is 3. The van der Waals surface area contributed by atoms with Gasteiger partial charge in [0, 0.05) is 11.8 Å². The second kappa shape index (κ2) is 2.33. The first-order valence-corrected chi connectivity index (χ1v) is 3.37. The summed E-state index contributed by atoms with van der Waals surface area (Å²) >= 11 is 0. The van der Waals surface area contributed by atoms with E-state index in [0.29, 0.717) is 5.56 Å². The Balaban J connectivity index is 2.26. The van der Waals surface area contributed by atoms with E-state index < -0.39 is 12.1 Å². The Morgan fingerprint density at radius 2 is 2.25 bits per heavy atom. The van der Waals surface area contributed by atoms with E-state index in [1.165, 1.54) is 6.20 Å². The van der Waals surface area contributed by atoms with Crippen LogP contribution in [0.5, 0.6) is 0 Å². The molecule has 12 heavy (non-hydrogen) atoms. The average molecular weight is 166 g/mol. The molecule has 0 aliphatic carbocycles. The van der Waals surface area contributed by atoms with Gasteiger partial charge in [-0.15, -0.1) is 0 Å². The van der Waals surface area contributed by atoms with E-state index in [1.807, 2.05) is 0 Å². The van der Waals surface area contributed by atoms with Gasteiger partial charge >= 0.3 is 6.03 Å². The van der Waals surface area contributed by atoms with Crippen LogP contribution in [0.25, 0.3) is 0 Å². The van der Waals surface area contributed by atoms with Crippen LogP contribution in [0.1, 0.15) is 11.6 Å². The minimum atomic E-state index is -0.601. The number of imide groups is 1. The molecule has 1 saturated heterocycles. The monoisotopic (exact) mass is 166 g/mol. The van der Waals surface area contributed by atoms with Crippen LogP contribution in [0.2, 0.25) is 0 Å². The molecule has 1 aromatic heterocycles. The Morgan fingerprint density at radius 3 is 2.75 bits per heavy atom. The molecule has 1 aliphatic rings. The first-order valence-electron chi connectivity index (χ1n) is 3.37. The minimum absolute atomic E-state index is 0.346. The molecule has 0 radical (unpaired) electrons. The highest BCUT2D eigenvalue weighted by Crippen LogP contribution is 2.13. The second-order valence-corrected chi connectivity index (χ2v) is 2.43. The van der Waals surface area contributed by atoms with Gasteiger partial charge in [0.05, 0.1) is 6.20 Å². The van der Waals surface area contributed by atoms with Crippen LogP contribution in [-0.2, 0) is 4.79 Å². The van der Waals surface area contributed by atoms with Crippen molar-refractivity contribution in [2.75, 3.05) is 0 Å². The van der Waals surface area contributed by atoms with Gasteiger partial charge in [0.1, 0.15) is 6.04 Å². The van der Waals surface area contributed by atoms with Crippen LogP contribution < -0.4 is 10.6 Å². The van der Waals surface area contributed by atoms with Gasteiger partial charge in [0.25, 0.3) is 5.91 Å². The third kappa shape index (κ3) is 0.931. The number of amides is 3. The molecule has 62 valence electrons. The van der Waals surface area contributed by atoms with Crippen LogP contribution >= 0.6 is 0 Å². The number of aromatic amines is 1. The molecule has 6 nitrogen and oxygen atoms in total. The van der Waals surface area contributed by atoms with Crippen molar-refractivity contribution >= 4 is 11.9 Å². The normalized spacial score (nSPS) is 22.2. The predicted molar refractivity (Wildman–Crippen MR) is 38.0 cm³/mol. The molecule has 1 aliphatic heterocycles. The van der Waals surface area contributed by atoms with Gasteiger partial charge in [0.15, 0.2) is 0 Å². The zero-order valence-corrected chi connectivity index (χ0v) is 6.00. The number of nitrogens with one attached hydrogen (secondary N) is 3. The number of carbonyl (C=O) groups is 2. The summed E-state index contributed by atoms with van der Waals surface area (Å²) in [5.41, 5.74) is 0.651. The lowest BCUT2D eigenvalue weighted by atomic mass is 10.2. The molecule has 0 aromatic carbocycles. The lowest BCUT2D eigenvalue weighted by Crippen LogP contribution is -2.22. The van der Waals surface area contributed by atoms with E-state index in [4.69, 9.17) is 0 Å². The Hall–Kier alpha value is -1.85. The first kappa shape index (κ1) is 6.84. The number of urea groups is 1. The molecule has 3 N–H and O–H groups in total. The predicted octanol–water partition coefficient (Wildman–Crippen LogP) is -0.710. The molecule has 1 unspecified atom stereocenters. The summed E-state index contributed by atoms with van der Waals surface area (Å²) in [5.74, 6) is -0.346. The van der Waals surface area contributed by atoms with Crippen molar-refractivity contribution in [2.24, 2.45) is 0 Å². The molecule has 0 saturated carbocycles. The van der Waals surface area contributed by atoms with Crippen LogP contribution in [0.4, 0.5) is 4.79 Å². The van der Waals surface area contributed by atoms with Crippen molar-refractivity contribution in [3.63, 3.8) is 0 Å². The number of rotatable bonds is 1. The zero-order valence-electron chi connectivity index (χ0n) is 6.00. The topological polar surface area (TPSA) is 86.9 Å². The van der Waals surface area contributed by atoms with Crippen molar-refractivity contribution in [3.05, 3.63) is 18.0 Å². The highest BCUT2D eigenvalue weighted by molar-refractivity contribution is 6.04. The smallest absolute Gasteiger partial charge is 0.322 e. The summed E-state index contributed by atoms with van der Waals surface area (Å²) in [6, 6.07) is -1.07. The molecular weight excluding hydrogens is 160 g/mol. The van der Waals surface area contributed by atoms with Crippen LogP contribution in [0, 0.1) is 0 Å². The van der Waals surface area contributed by atoms with Crippen LogP contribution in [0.3, 0.4) is 0 Å². The van der Waals surface area contributed by atoms with Crippen molar-refractivity contribution in [3.8, 4) is 0 Å². The Morgan fingerprint density at radius 1 is 1.42 bits per heavy atom. The van der Waals surface area contributed by atoms with Crippen molar-refractivity contribution in [1.82, 2.24) is 20.8 Å². The van der Waals surface area contributed by atoms with Crippen LogP contribution in [-0.4, -0.2) is 22.1 Å². The van der Waals surface area contributed by atoms with Gasteiger partial charge < -0.3 is 5.32 Å². The number of aromatic nitrogens is 2. The summed E-state index contributed by atoms with van der Waals surface area (Å²) in [6.07, 6.45) is 3.06. The van der Waals surface area contributed by atoms with E-state index in [0.717, 1.165) is 0 Å². The average Bonchev–Trinajstić information content (AvgIpc) is 2.58. The fourth-order valence-corrected chi connectivity index (χ4v) is 1.07. The fraction of sp³-hybridized carbons (Fsp3) is 0.167. The standard InChI is InChI=1S/C6H6N4O2/c11-5-4(9-6(12)10-5)3-1-7-8-2-3/h1-2,4H,(H,7,8)(H2,9,10,11,12). The molecular formula is C6H6N4O2. The Kier molecular flexibility index (Phi) is 1.33. The Labute approximate surface area is 67.3 Å². The summed E-state index contributed by atoms with van der Waals surface area (Å²) in [5, 5.41) is 10.8. The van der Waals surface area contributed by atoms with E-state index in [9.17, 15) is 9.59 Å². The highest BCUT2D eigenvalue weighted by Gasteiger charge is 2.31. The van der Waals surface area contributed by atoms with E-state index in [2.05, 4.69) is 20.8 Å². The molecule has 6 heteroatoms. The number of H-pyrrole nitrogens is 1. The van der Waals surface area contributed by atoms with Gasteiger partial charge in [-0.05, 0) is 0 Å². The second-order valence-electron chi connectivity index (χ2n) is 2.43. The van der Waals surface area contributed by atoms with Gasteiger partial charge in [-0.2, -0.15) is 5.10 Å². The van der Waals surface area contributed by atoms with Gasteiger partial charge in [-0.25, -0.2) is 4.79 Å². The van der Waals surface area contributed by atoms with Gasteiger partial charge in [0.2, 0.25) is 0 Å². The first-order chi connectivity index (χ1) is 5.77. The summed E-state index contributed by atoms with van der Waals surface area (Å²) in [7, 11) is 0.